The molecular formula is C20H22. The van der Waals surface area contributed by atoms with Crippen LogP contribution in [0, 0.1) is 0 Å². The Kier molecular flexibility index (Phi) is 3.10. The van der Waals surface area contributed by atoms with Crippen LogP contribution in [0.3, 0.4) is 0 Å². The van der Waals surface area contributed by atoms with Gasteiger partial charge in [-0.15, -0.1) is 0 Å². The fraction of sp³-hybridized carbons (Fsp3) is 0.400. The third kappa shape index (κ3) is 1.98. The van der Waals surface area contributed by atoms with Crippen molar-refractivity contribution in [1.82, 2.24) is 0 Å². The van der Waals surface area contributed by atoms with E-state index in [1.807, 2.05) is 0 Å². The van der Waals surface area contributed by atoms with Gasteiger partial charge in [0.25, 0.3) is 0 Å². The van der Waals surface area contributed by atoms with Crippen molar-refractivity contribution in [3.8, 4) is 11.1 Å². The van der Waals surface area contributed by atoms with Crippen molar-refractivity contribution in [2.24, 2.45) is 0 Å². The standard InChI is InChI=1S/C20H22/c1-3-13-19(17(11-1)15-7-5-8-15)20-14-4-2-12-18(20)16-9-6-10-16/h1-4,11-16H,5-10H2. The lowest BCUT2D eigenvalue weighted by Gasteiger charge is -2.31. The van der Waals surface area contributed by atoms with Gasteiger partial charge in [-0.1, -0.05) is 61.4 Å². The van der Waals surface area contributed by atoms with Gasteiger partial charge in [0.15, 0.2) is 0 Å². The van der Waals surface area contributed by atoms with Crippen molar-refractivity contribution in [1.29, 1.82) is 0 Å². The molecule has 2 aromatic rings. The average molecular weight is 262 g/mol. The van der Waals surface area contributed by atoms with Crippen LogP contribution in [-0.4, -0.2) is 0 Å². The smallest absolute Gasteiger partial charge is 0.0146 e. The summed E-state index contributed by atoms with van der Waals surface area (Å²) in [7, 11) is 0. The SMILES string of the molecule is c1ccc(C2CCC2)c(-c2ccccc2C2CCC2)c1. The fourth-order valence-electron chi connectivity index (χ4n) is 3.64. The van der Waals surface area contributed by atoms with Crippen LogP contribution in [0.2, 0.25) is 0 Å². The van der Waals surface area contributed by atoms with Crippen LogP contribution in [0.4, 0.5) is 0 Å². The zero-order chi connectivity index (χ0) is 13.4. The second kappa shape index (κ2) is 5.09. The molecular weight excluding hydrogens is 240 g/mol. The van der Waals surface area contributed by atoms with Crippen molar-refractivity contribution < 1.29 is 0 Å². The Morgan fingerprint density at radius 2 is 0.950 bits per heavy atom. The van der Waals surface area contributed by atoms with Gasteiger partial charge in [-0.3, -0.25) is 0 Å². The first-order chi connectivity index (χ1) is 9.93. The third-order valence-electron chi connectivity index (χ3n) is 5.30. The van der Waals surface area contributed by atoms with Gasteiger partial charge in [0, 0.05) is 0 Å². The summed E-state index contributed by atoms with van der Waals surface area (Å²) >= 11 is 0. The van der Waals surface area contributed by atoms with Gasteiger partial charge in [0.05, 0.1) is 0 Å². The van der Waals surface area contributed by atoms with Crippen LogP contribution < -0.4 is 0 Å². The highest BCUT2D eigenvalue weighted by atomic mass is 14.3. The van der Waals surface area contributed by atoms with Crippen molar-refractivity contribution in [2.75, 3.05) is 0 Å². The summed E-state index contributed by atoms with van der Waals surface area (Å²) in [4.78, 5) is 0. The molecule has 0 spiro atoms. The Morgan fingerprint density at radius 1 is 0.550 bits per heavy atom. The van der Waals surface area contributed by atoms with Crippen LogP contribution in [0.5, 0.6) is 0 Å². The monoisotopic (exact) mass is 262 g/mol. The molecule has 2 saturated carbocycles. The van der Waals surface area contributed by atoms with Crippen molar-refractivity contribution in [3.63, 3.8) is 0 Å². The molecule has 0 heterocycles. The molecule has 0 unspecified atom stereocenters. The van der Waals surface area contributed by atoms with Crippen molar-refractivity contribution in [3.05, 3.63) is 59.7 Å². The molecule has 0 amide bonds. The van der Waals surface area contributed by atoms with Gasteiger partial charge in [-0.25, -0.2) is 0 Å². The molecule has 0 saturated heterocycles. The van der Waals surface area contributed by atoms with E-state index in [1.54, 1.807) is 11.1 Å². The highest BCUT2D eigenvalue weighted by molar-refractivity contribution is 5.72. The van der Waals surface area contributed by atoms with E-state index < -0.39 is 0 Å². The zero-order valence-corrected chi connectivity index (χ0v) is 12.0. The first-order valence-corrected chi connectivity index (χ1v) is 8.12. The first kappa shape index (κ1) is 12.2. The molecule has 20 heavy (non-hydrogen) atoms. The van der Waals surface area contributed by atoms with Crippen LogP contribution >= 0.6 is 0 Å². The fourth-order valence-corrected chi connectivity index (χ4v) is 3.64. The number of hydrogen-bond acceptors (Lipinski definition) is 0. The summed E-state index contributed by atoms with van der Waals surface area (Å²) in [5, 5.41) is 0. The lowest BCUT2D eigenvalue weighted by Crippen LogP contribution is -2.12. The minimum absolute atomic E-state index is 0.806. The molecule has 0 atom stereocenters. The molecule has 0 aromatic heterocycles. The summed E-state index contributed by atoms with van der Waals surface area (Å²) in [6, 6.07) is 18.2. The third-order valence-corrected chi connectivity index (χ3v) is 5.30. The van der Waals surface area contributed by atoms with E-state index in [0.717, 1.165) is 11.8 Å². The maximum absolute atomic E-state index is 2.36. The van der Waals surface area contributed by atoms with Gasteiger partial charge < -0.3 is 0 Å². The highest BCUT2D eigenvalue weighted by Gasteiger charge is 2.26. The molecule has 0 nitrogen and oxygen atoms in total. The second-order valence-corrected chi connectivity index (χ2v) is 6.43. The molecule has 2 aliphatic rings. The van der Waals surface area contributed by atoms with Crippen molar-refractivity contribution in [2.45, 2.75) is 50.4 Å². The predicted molar refractivity (Wildman–Crippen MR) is 85.1 cm³/mol. The second-order valence-electron chi connectivity index (χ2n) is 6.43. The summed E-state index contributed by atoms with van der Waals surface area (Å²) in [6.45, 7) is 0. The predicted octanol–water partition coefficient (Wildman–Crippen LogP) is 5.89. The molecule has 4 rings (SSSR count). The molecule has 2 fully saturated rings. The molecule has 2 aromatic carbocycles. The Bertz CT molecular complexity index is 547. The van der Waals surface area contributed by atoms with E-state index in [0.29, 0.717) is 0 Å². The maximum Gasteiger partial charge on any atom is -0.0146 e. The van der Waals surface area contributed by atoms with E-state index in [1.165, 1.54) is 49.7 Å². The van der Waals surface area contributed by atoms with E-state index in [9.17, 15) is 0 Å². The van der Waals surface area contributed by atoms with Crippen LogP contribution in [0.15, 0.2) is 48.5 Å². The van der Waals surface area contributed by atoms with E-state index in [4.69, 9.17) is 0 Å². The van der Waals surface area contributed by atoms with Crippen LogP contribution in [-0.2, 0) is 0 Å². The largest absolute Gasteiger partial charge is 0.0619 e. The van der Waals surface area contributed by atoms with Gasteiger partial charge in [-0.2, -0.15) is 0 Å². The van der Waals surface area contributed by atoms with Gasteiger partial charge in [-0.05, 0) is 59.8 Å². The van der Waals surface area contributed by atoms with Gasteiger partial charge in [0.1, 0.15) is 0 Å². The molecule has 0 aliphatic heterocycles. The topological polar surface area (TPSA) is 0 Å². The lowest BCUT2D eigenvalue weighted by atomic mass is 9.74. The zero-order valence-electron chi connectivity index (χ0n) is 12.0. The highest BCUT2D eigenvalue weighted by Crippen LogP contribution is 2.45. The first-order valence-electron chi connectivity index (χ1n) is 8.12. The summed E-state index contributed by atoms with van der Waals surface area (Å²) in [5.74, 6) is 1.61. The minimum atomic E-state index is 0.806. The maximum atomic E-state index is 2.36. The van der Waals surface area contributed by atoms with Crippen LogP contribution in [0.1, 0.15) is 61.5 Å². The molecule has 0 bridgehead atoms. The van der Waals surface area contributed by atoms with Crippen molar-refractivity contribution >= 4 is 0 Å². The number of hydrogen-bond donors (Lipinski definition) is 0. The molecule has 0 heteroatoms. The van der Waals surface area contributed by atoms with E-state index in [2.05, 4.69) is 48.5 Å². The molecule has 0 N–H and O–H groups in total. The number of benzene rings is 2. The summed E-state index contributed by atoms with van der Waals surface area (Å²) in [5.41, 5.74) is 6.18. The quantitative estimate of drug-likeness (QED) is 0.647. The molecule has 2 aliphatic carbocycles. The Morgan fingerprint density at radius 3 is 1.30 bits per heavy atom. The molecule has 102 valence electrons. The molecule has 0 radical (unpaired) electrons. The minimum Gasteiger partial charge on any atom is -0.0619 e. The van der Waals surface area contributed by atoms with Crippen LogP contribution in [0.25, 0.3) is 11.1 Å². The average Bonchev–Trinajstić information content (AvgIpc) is 2.36. The Labute approximate surface area is 121 Å². The van der Waals surface area contributed by atoms with E-state index in [-0.39, 0.29) is 0 Å². The van der Waals surface area contributed by atoms with Gasteiger partial charge >= 0.3 is 0 Å². The Balaban J connectivity index is 1.81. The summed E-state index contributed by atoms with van der Waals surface area (Å²) in [6.07, 6.45) is 8.32. The normalized spacial score (nSPS) is 19.4. The Hall–Kier alpha value is -1.56. The number of rotatable bonds is 3. The van der Waals surface area contributed by atoms with Gasteiger partial charge in [0.2, 0.25) is 0 Å². The lowest BCUT2D eigenvalue weighted by molar-refractivity contribution is 0.417. The summed E-state index contributed by atoms with van der Waals surface area (Å²) < 4.78 is 0. The van der Waals surface area contributed by atoms with E-state index >= 15 is 0 Å².